The van der Waals surface area contributed by atoms with E-state index in [1.807, 2.05) is 66.0 Å². The number of hydrogen-bond donors (Lipinski definition) is 2. The van der Waals surface area contributed by atoms with Crippen molar-refractivity contribution in [2.75, 3.05) is 44.7 Å². The summed E-state index contributed by atoms with van der Waals surface area (Å²) in [5, 5.41) is 19.6. The second-order valence-corrected chi connectivity index (χ2v) is 10.5. The summed E-state index contributed by atoms with van der Waals surface area (Å²) >= 11 is 1.63. The zero-order valence-electron chi connectivity index (χ0n) is 21.8. The van der Waals surface area contributed by atoms with Crippen molar-refractivity contribution in [2.45, 2.75) is 12.5 Å². The van der Waals surface area contributed by atoms with Crippen LogP contribution in [0.3, 0.4) is 0 Å². The van der Waals surface area contributed by atoms with Crippen LogP contribution in [0.4, 0.5) is 5.13 Å². The fraction of sp³-hybridized carbons (Fsp3) is 0.267. The van der Waals surface area contributed by atoms with Gasteiger partial charge in [0.15, 0.2) is 5.13 Å². The van der Waals surface area contributed by atoms with Crippen LogP contribution < -0.4 is 15.5 Å². The Morgan fingerprint density at radius 3 is 2.51 bits per heavy atom. The van der Waals surface area contributed by atoms with E-state index in [2.05, 4.69) is 27.5 Å². The van der Waals surface area contributed by atoms with Crippen molar-refractivity contribution in [2.24, 2.45) is 0 Å². The number of nitrogens with zero attached hydrogens (tertiary/aromatic N) is 4. The molecule has 9 heteroatoms. The number of anilines is 1. The number of fused-ring (bicyclic) bond motifs is 1. The van der Waals surface area contributed by atoms with Crippen molar-refractivity contribution in [3.05, 3.63) is 83.2 Å². The molecular weight excluding hydrogens is 508 g/mol. The molecule has 1 saturated heterocycles. The molecule has 5 rings (SSSR count). The van der Waals surface area contributed by atoms with Crippen molar-refractivity contribution < 1.29 is 9.59 Å². The molecule has 3 aromatic carbocycles. The van der Waals surface area contributed by atoms with Crippen LogP contribution in [0.2, 0.25) is 0 Å². The second-order valence-electron chi connectivity index (χ2n) is 9.67. The number of carbonyl (C=O) groups excluding carboxylic acids is 2. The van der Waals surface area contributed by atoms with Gasteiger partial charge in [-0.05, 0) is 35.5 Å². The maximum Gasteiger partial charge on any atom is 0.251 e. The lowest BCUT2D eigenvalue weighted by Gasteiger charge is -2.32. The van der Waals surface area contributed by atoms with E-state index in [1.165, 1.54) is 0 Å². The number of benzene rings is 3. The monoisotopic (exact) mass is 538 g/mol. The summed E-state index contributed by atoms with van der Waals surface area (Å²) in [6.07, 6.45) is 0.305. The standard InChI is InChI=1S/C30H30N6O2S/c1-35-14-16-36(17-15-35)30-34-27(20-39-30)23-8-10-24(11-9-23)28(37)33-26(29(38)32-13-12-31)19-21-6-7-22-4-2-3-5-25(22)18-21/h2-11,18,20,26H,13-17,19H2,1H3,(H,32,38)(H,33,37). The van der Waals surface area contributed by atoms with Gasteiger partial charge in [0.05, 0.1) is 11.8 Å². The van der Waals surface area contributed by atoms with Crippen LogP contribution in [0.5, 0.6) is 0 Å². The molecule has 0 bridgehead atoms. The zero-order chi connectivity index (χ0) is 27.2. The Morgan fingerprint density at radius 2 is 1.77 bits per heavy atom. The van der Waals surface area contributed by atoms with Gasteiger partial charge >= 0.3 is 0 Å². The quantitative estimate of drug-likeness (QED) is 0.332. The molecular formula is C30H30N6O2S. The van der Waals surface area contributed by atoms with Gasteiger partial charge in [-0.25, -0.2) is 4.98 Å². The van der Waals surface area contributed by atoms with Crippen LogP contribution in [0.25, 0.3) is 22.0 Å². The molecule has 0 saturated carbocycles. The third-order valence-corrected chi connectivity index (χ3v) is 7.83. The lowest BCUT2D eigenvalue weighted by atomic mass is 10.0. The number of nitriles is 1. The van der Waals surface area contributed by atoms with E-state index in [4.69, 9.17) is 10.2 Å². The zero-order valence-corrected chi connectivity index (χ0v) is 22.6. The summed E-state index contributed by atoms with van der Waals surface area (Å²) in [6.45, 7) is 3.85. The number of thiazole rings is 1. The maximum atomic E-state index is 13.1. The Balaban J connectivity index is 1.28. The molecule has 1 fully saturated rings. The number of rotatable bonds is 8. The molecule has 0 spiro atoms. The maximum absolute atomic E-state index is 13.1. The van der Waals surface area contributed by atoms with Crippen molar-refractivity contribution in [1.29, 1.82) is 5.26 Å². The molecule has 4 aromatic rings. The highest BCUT2D eigenvalue weighted by Gasteiger charge is 2.22. The Labute approximate surface area is 231 Å². The molecule has 1 unspecified atom stereocenters. The number of piperazine rings is 1. The number of amides is 2. The topological polar surface area (TPSA) is 101 Å². The van der Waals surface area contributed by atoms with Crippen LogP contribution in [0.15, 0.2) is 72.1 Å². The highest BCUT2D eigenvalue weighted by molar-refractivity contribution is 7.14. The van der Waals surface area contributed by atoms with Gasteiger partial charge in [-0.2, -0.15) is 5.26 Å². The van der Waals surface area contributed by atoms with Gasteiger partial charge in [-0.15, -0.1) is 11.3 Å². The summed E-state index contributed by atoms with van der Waals surface area (Å²) in [7, 11) is 2.13. The fourth-order valence-corrected chi connectivity index (χ4v) is 5.52. The Hall–Kier alpha value is -4.26. The highest BCUT2D eigenvalue weighted by Crippen LogP contribution is 2.28. The molecule has 2 N–H and O–H groups in total. The van der Waals surface area contributed by atoms with E-state index in [1.54, 1.807) is 23.5 Å². The lowest BCUT2D eigenvalue weighted by Crippen LogP contribution is -2.48. The van der Waals surface area contributed by atoms with E-state index in [0.29, 0.717) is 12.0 Å². The normalized spacial score (nSPS) is 14.5. The molecule has 1 aliphatic rings. The molecule has 1 aliphatic heterocycles. The third-order valence-electron chi connectivity index (χ3n) is 6.93. The molecule has 0 aliphatic carbocycles. The van der Waals surface area contributed by atoms with Crippen molar-refractivity contribution in [3.8, 4) is 17.3 Å². The van der Waals surface area contributed by atoms with Crippen LogP contribution in [-0.2, 0) is 11.2 Å². The molecule has 8 nitrogen and oxygen atoms in total. The summed E-state index contributed by atoms with van der Waals surface area (Å²) in [6, 6.07) is 22.3. The SMILES string of the molecule is CN1CCN(c2nc(-c3ccc(C(=O)NC(Cc4ccc5ccccc5c4)C(=O)NCC#N)cc3)cs2)CC1. The predicted molar refractivity (Wildman–Crippen MR) is 155 cm³/mol. The Kier molecular flexibility index (Phi) is 8.16. The fourth-order valence-electron chi connectivity index (χ4n) is 4.63. The second kappa shape index (κ2) is 12.1. The first-order chi connectivity index (χ1) is 19.0. The van der Waals surface area contributed by atoms with Gasteiger partial charge in [0.2, 0.25) is 5.91 Å². The first-order valence-corrected chi connectivity index (χ1v) is 13.8. The summed E-state index contributed by atoms with van der Waals surface area (Å²) in [4.78, 5) is 35.4. The van der Waals surface area contributed by atoms with E-state index < -0.39 is 11.9 Å². The van der Waals surface area contributed by atoms with Gasteiger partial charge in [-0.1, -0.05) is 54.6 Å². The molecule has 2 heterocycles. The number of likely N-dealkylation sites (N-methyl/N-ethyl adjacent to an activating group) is 1. The number of nitrogens with one attached hydrogen (secondary N) is 2. The minimum absolute atomic E-state index is 0.124. The first kappa shape index (κ1) is 26.4. The first-order valence-electron chi connectivity index (χ1n) is 12.9. The van der Waals surface area contributed by atoms with Crippen LogP contribution >= 0.6 is 11.3 Å². The summed E-state index contributed by atoms with van der Waals surface area (Å²) < 4.78 is 0. The molecule has 39 heavy (non-hydrogen) atoms. The molecule has 0 radical (unpaired) electrons. The minimum Gasteiger partial charge on any atom is -0.346 e. The summed E-state index contributed by atoms with van der Waals surface area (Å²) in [5.74, 6) is -0.746. The number of aromatic nitrogens is 1. The van der Waals surface area contributed by atoms with E-state index in [9.17, 15) is 9.59 Å². The van der Waals surface area contributed by atoms with Crippen molar-refractivity contribution in [3.63, 3.8) is 0 Å². The average molecular weight is 539 g/mol. The number of carbonyl (C=O) groups is 2. The molecule has 1 aromatic heterocycles. The van der Waals surface area contributed by atoms with Crippen molar-refractivity contribution >= 4 is 39.1 Å². The van der Waals surface area contributed by atoms with E-state index >= 15 is 0 Å². The van der Waals surface area contributed by atoms with E-state index in [-0.39, 0.29) is 12.5 Å². The van der Waals surface area contributed by atoms with Crippen LogP contribution in [0, 0.1) is 11.3 Å². The molecule has 198 valence electrons. The summed E-state index contributed by atoms with van der Waals surface area (Å²) in [5.41, 5.74) is 3.18. The minimum atomic E-state index is -0.823. The van der Waals surface area contributed by atoms with Crippen LogP contribution in [0.1, 0.15) is 15.9 Å². The van der Waals surface area contributed by atoms with Crippen LogP contribution in [-0.4, -0.2) is 67.5 Å². The van der Waals surface area contributed by atoms with Gasteiger partial charge in [0.1, 0.15) is 12.6 Å². The van der Waals surface area contributed by atoms with E-state index in [0.717, 1.165) is 58.9 Å². The lowest BCUT2D eigenvalue weighted by molar-refractivity contribution is -0.122. The number of hydrogen-bond acceptors (Lipinski definition) is 7. The predicted octanol–water partition coefficient (Wildman–Crippen LogP) is 3.70. The third kappa shape index (κ3) is 6.42. The smallest absolute Gasteiger partial charge is 0.251 e. The highest BCUT2D eigenvalue weighted by atomic mass is 32.1. The van der Waals surface area contributed by atoms with Gasteiger partial charge < -0.3 is 20.4 Å². The Morgan fingerprint density at radius 1 is 1.03 bits per heavy atom. The van der Waals surface area contributed by atoms with Crippen molar-refractivity contribution in [1.82, 2.24) is 20.5 Å². The van der Waals surface area contributed by atoms with Gasteiger partial charge in [0, 0.05) is 49.1 Å². The van der Waals surface area contributed by atoms with Gasteiger partial charge in [-0.3, -0.25) is 9.59 Å². The molecule has 2 amide bonds. The Bertz CT molecular complexity index is 1500. The average Bonchev–Trinajstić information content (AvgIpc) is 3.46. The molecule has 1 atom stereocenters. The largest absolute Gasteiger partial charge is 0.346 e. The van der Waals surface area contributed by atoms with Gasteiger partial charge in [0.25, 0.3) is 5.91 Å².